The zero-order valence-electron chi connectivity index (χ0n) is 8.45. The molecule has 0 spiro atoms. The Morgan fingerprint density at radius 3 is 0.389 bits per heavy atom. The largest absolute Gasteiger partial charge is 0.412 e. The lowest BCUT2D eigenvalue weighted by Crippen LogP contribution is -2.49. The Morgan fingerprint density at radius 1 is 0.278 bits per heavy atom. The summed E-state index contributed by atoms with van der Waals surface area (Å²) in [6.07, 6.45) is 0. The first-order chi connectivity index (χ1) is 5.46. The number of carbonyl (C=O) groups is 6. The first-order valence-corrected chi connectivity index (χ1v) is 2.72. The van der Waals surface area contributed by atoms with Crippen LogP contribution < -0.4 is 0 Å². The van der Waals surface area contributed by atoms with Gasteiger partial charge in [-0.05, 0) is 0 Å². The number of carbonyl (C=O) groups excluding carboxylic acids is 6. The molecular formula is C6H12O12. The molecule has 0 radical (unpaired) electrons. The highest BCUT2D eigenvalue weighted by atomic mass is 16.2. The molecule has 0 heterocycles. The van der Waals surface area contributed by atoms with E-state index in [1.54, 1.807) is 0 Å². The topological polar surface area (TPSA) is 291 Å². The van der Waals surface area contributed by atoms with E-state index < -0.39 is 34.7 Å². The van der Waals surface area contributed by atoms with Gasteiger partial charge in [-0.2, -0.15) is 0 Å². The van der Waals surface area contributed by atoms with Crippen LogP contribution in [-0.2, 0) is 28.8 Å². The highest BCUT2D eigenvalue weighted by Gasteiger charge is 2.47. The fourth-order valence-corrected chi connectivity index (χ4v) is 0.619. The molecule has 1 aliphatic rings. The highest BCUT2D eigenvalue weighted by Crippen LogP contribution is 1.96. The first-order valence-electron chi connectivity index (χ1n) is 2.72. The first kappa shape index (κ1) is 36.0. The van der Waals surface area contributed by atoms with Gasteiger partial charge in [0.05, 0.1) is 0 Å². The maximum atomic E-state index is 10.4. The number of ketones is 6. The summed E-state index contributed by atoms with van der Waals surface area (Å²) in [7, 11) is 0. The van der Waals surface area contributed by atoms with E-state index >= 15 is 0 Å². The third kappa shape index (κ3) is 4.74. The SMILES string of the molecule is O.O.O.O.O.O.O=C1C(=O)C(=O)C(=O)C(=O)C1=O. The smallest absolute Gasteiger partial charge is 0.281 e. The summed E-state index contributed by atoms with van der Waals surface area (Å²) in [6.45, 7) is 0. The molecule has 12 nitrogen and oxygen atoms in total. The average Bonchev–Trinajstić information content (AvgIpc) is 2.08. The molecule has 1 aliphatic carbocycles. The van der Waals surface area contributed by atoms with Crippen molar-refractivity contribution in [2.45, 2.75) is 0 Å². The summed E-state index contributed by atoms with van der Waals surface area (Å²) in [6, 6.07) is 0. The van der Waals surface area contributed by atoms with Crippen molar-refractivity contribution in [3.8, 4) is 0 Å². The molecule has 12 heteroatoms. The van der Waals surface area contributed by atoms with Gasteiger partial charge in [0.1, 0.15) is 0 Å². The maximum absolute atomic E-state index is 10.4. The monoisotopic (exact) mass is 276 g/mol. The summed E-state index contributed by atoms with van der Waals surface area (Å²) in [4.78, 5) is 62.4. The molecule has 0 amide bonds. The van der Waals surface area contributed by atoms with Crippen LogP contribution in [0.1, 0.15) is 0 Å². The molecule has 0 saturated heterocycles. The molecule has 0 aromatic rings. The van der Waals surface area contributed by atoms with Gasteiger partial charge in [-0.25, -0.2) is 0 Å². The number of hydrogen-bond acceptors (Lipinski definition) is 6. The predicted molar refractivity (Wildman–Crippen MR) is 51.7 cm³/mol. The van der Waals surface area contributed by atoms with Gasteiger partial charge in [-0.15, -0.1) is 0 Å². The highest BCUT2D eigenvalue weighted by molar-refractivity contribution is 7.08. The lowest BCUT2D eigenvalue weighted by Gasteiger charge is -2.01. The third-order valence-corrected chi connectivity index (χ3v) is 1.24. The summed E-state index contributed by atoms with van der Waals surface area (Å²) in [5.74, 6) is -10.4. The fraction of sp³-hybridized carbons (Fsp3) is 0. The van der Waals surface area contributed by atoms with E-state index in [2.05, 4.69) is 0 Å². The number of hydrogen-bond donors (Lipinski definition) is 0. The minimum absolute atomic E-state index is 0. The van der Waals surface area contributed by atoms with Crippen LogP contribution in [0.25, 0.3) is 0 Å². The van der Waals surface area contributed by atoms with E-state index in [1.807, 2.05) is 0 Å². The van der Waals surface area contributed by atoms with E-state index in [0.717, 1.165) is 0 Å². The van der Waals surface area contributed by atoms with E-state index in [4.69, 9.17) is 0 Å². The van der Waals surface area contributed by atoms with Crippen molar-refractivity contribution in [2.75, 3.05) is 0 Å². The lowest BCUT2D eigenvalue weighted by molar-refractivity contribution is -0.158. The molecule has 0 aromatic carbocycles. The normalized spacial score (nSPS) is 12.7. The Bertz CT molecular complexity index is 248. The summed E-state index contributed by atoms with van der Waals surface area (Å²) < 4.78 is 0. The van der Waals surface area contributed by atoms with Crippen LogP contribution >= 0.6 is 0 Å². The van der Waals surface area contributed by atoms with Crippen molar-refractivity contribution in [3.05, 3.63) is 0 Å². The third-order valence-electron chi connectivity index (χ3n) is 1.24. The van der Waals surface area contributed by atoms with Gasteiger partial charge in [-0.1, -0.05) is 0 Å². The Kier molecular flexibility index (Phi) is 22.6. The molecule has 1 rings (SSSR count). The van der Waals surface area contributed by atoms with Gasteiger partial charge < -0.3 is 32.9 Å². The number of Topliss-reactive ketones (excluding diaryl/α,β-unsaturated/α-hetero) is 6. The molecule has 0 atom stereocenters. The summed E-state index contributed by atoms with van der Waals surface area (Å²) in [5.41, 5.74) is 0. The molecule has 0 unspecified atom stereocenters. The fourth-order valence-electron chi connectivity index (χ4n) is 0.619. The summed E-state index contributed by atoms with van der Waals surface area (Å²) >= 11 is 0. The van der Waals surface area contributed by atoms with Crippen molar-refractivity contribution < 1.29 is 61.6 Å². The van der Waals surface area contributed by atoms with Crippen LogP contribution in [0.4, 0.5) is 0 Å². The minimum atomic E-state index is -1.73. The van der Waals surface area contributed by atoms with Gasteiger partial charge in [0.15, 0.2) is 0 Å². The predicted octanol–water partition coefficient (Wildman–Crippen LogP) is -7.53. The average molecular weight is 276 g/mol. The van der Waals surface area contributed by atoms with Gasteiger partial charge in [0.25, 0.3) is 34.7 Å². The van der Waals surface area contributed by atoms with Crippen molar-refractivity contribution in [2.24, 2.45) is 0 Å². The number of rotatable bonds is 0. The second kappa shape index (κ2) is 11.3. The molecule has 0 aromatic heterocycles. The van der Waals surface area contributed by atoms with Crippen LogP contribution in [0, 0.1) is 0 Å². The van der Waals surface area contributed by atoms with Crippen LogP contribution in [-0.4, -0.2) is 67.6 Å². The van der Waals surface area contributed by atoms with Gasteiger partial charge in [0.2, 0.25) is 0 Å². The Labute approximate surface area is 97.4 Å². The molecule has 1 fully saturated rings. The van der Waals surface area contributed by atoms with Gasteiger partial charge in [0, 0.05) is 0 Å². The lowest BCUT2D eigenvalue weighted by atomic mass is 9.93. The second-order valence-corrected chi connectivity index (χ2v) is 1.97. The minimum Gasteiger partial charge on any atom is -0.412 e. The van der Waals surface area contributed by atoms with E-state index in [1.165, 1.54) is 0 Å². The van der Waals surface area contributed by atoms with Crippen LogP contribution in [0.15, 0.2) is 0 Å². The molecule has 18 heavy (non-hydrogen) atoms. The quantitative estimate of drug-likeness (QED) is 0.386. The van der Waals surface area contributed by atoms with Gasteiger partial charge >= 0.3 is 0 Å². The van der Waals surface area contributed by atoms with Crippen molar-refractivity contribution in [3.63, 3.8) is 0 Å². The van der Waals surface area contributed by atoms with Crippen LogP contribution in [0.2, 0.25) is 0 Å². The van der Waals surface area contributed by atoms with Crippen LogP contribution in [0.3, 0.4) is 0 Å². The Hall–Kier alpha value is -2.22. The standard InChI is InChI=1S/C6O6.6H2O/c7-1-2(8)4(10)6(12)5(11)3(1)9;;;;;;/h;6*1H2. The van der Waals surface area contributed by atoms with E-state index in [-0.39, 0.29) is 32.9 Å². The zero-order valence-corrected chi connectivity index (χ0v) is 8.45. The van der Waals surface area contributed by atoms with Crippen molar-refractivity contribution >= 4 is 34.7 Å². The second-order valence-electron chi connectivity index (χ2n) is 1.97. The van der Waals surface area contributed by atoms with E-state index in [0.29, 0.717) is 0 Å². The van der Waals surface area contributed by atoms with Crippen molar-refractivity contribution in [1.29, 1.82) is 0 Å². The molecule has 108 valence electrons. The Morgan fingerprint density at radius 2 is 0.333 bits per heavy atom. The van der Waals surface area contributed by atoms with Crippen molar-refractivity contribution in [1.82, 2.24) is 0 Å². The molecule has 12 N–H and O–H groups in total. The summed E-state index contributed by atoms with van der Waals surface area (Å²) in [5, 5.41) is 0. The molecule has 0 aliphatic heterocycles. The zero-order chi connectivity index (χ0) is 9.46. The van der Waals surface area contributed by atoms with Crippen LogP contribution in [0.5, 0.6) is 0 Å². The maximum Gasteiger partial charge on any atom is 0.281 e. The molecular weight excluding hydrogens is 264 g/mol. The van der Waals surface area contributed by atoms with E-state index in [9.17, 15) is 28.8 Å². The molecule has 0 bridgehead atoms. The Balaban J connectivity index is -0.0000000600. The molecule has 1 saturated carbocycles. The van der Waals surface area contributed by atoms with Gasteiger partial charge in [-0.3, -0.25) is 28.8 Å².